The van der Waals surface area contributed by atoms with Crippen LogP contribution in [0.4, 0.5) is 10.9 Å². The first kappa shape index (κ1) is 11.5. The number of carbonyl (C=O) groups excluding carboxylic acids is 1. The first-order valence-electron chi connectivity index (χ1n) is 5.06. The van der Waals surface area contributed by atoms with Gasteiger partial charge in [-0.3, -0.25) is 4.79 Å². The van der Waals surface area contributed by atoms with Crippen LogP contribution in [0, 0.1) is 6.92 Å². The Labute approximate surface area is 103 Å². The number of carbonyl (C=O) groups is 1. The molecule has 0 bridgehead atoms. The Balaban J connectivity index is 2.08. The third kappa shape index (κ3) is 3.25. The van der Waals surface area contributed by atoms with E-state index in [0.717, 1.165) is 11.4 Å². The van der Waals surface area contributed by atoms with Crippen LogP contribution in [0.15, 0.2) is 23.7 Å². The summed E-state index contributed by atoms with van der Waals surface area (Å²) in [6, 6.07) is 3.85. The Bertz CT molecular complexity index is 538. The Hall–Kier alpha value is -1.95. The summed E-state index contributed by atoms with van der Waals surface area (Å²) in [5, 5.41) is 5.60. The van der Waals surface area contributed by atoms with Crippen molar-refractivity contribution in [2.75, 3.05) is 5.32 Å². The van der Waals surface area contributed by atoms with E-state index in [-0.39, 0.29) is 12.3 Å². The molecule has 2 aromatic rings. The molecule has 0 saturated carbocycles. The largest absolute Gasteiger partial charge is 0.369 e. The third-order valence-corrected chi connectivity index (χ3v) is 2.86. The lowest BCUT2D eigenvalue weighted by atomic mass is 10.3. The number of hydrogen-bond acceptors (Lipinski definition) is 5. The monoisotopic (exact) mass is 248 g/mol. The van der Waals surface area contributed by atoms with Crippen molar-refractivity contribution in [1.29, 1.82) is 0 Å². The molecular weight excluding hydrogens is 236 g/mol. The summed E-state index contributed by atoms with van der Waals surface area (Å²) in [4.78, 5) is 19.1. The quantitative estimate of drug-likeness (QED) is 0.861. The summed E-state index contributed by atoms with van der Waals surface area (Å²) in [7, 11) is 0. The fourth-order valence-corrected chi connectivity index (χ4v) is 2.06. The molecular formula is C11H12N4OS. The second kappa shape index (κ2) is 4.92. The molecule has 0 fully saturated rings. The molecule has 2 aromatic heterocycles. The molecule has 0 aliphatic carbocycles. The predicted octanol–water partition coefficient (Wildman–Crippen LogP) is 1.62. The number of amides is 1. The van der Waals surface area contributed by atoms with Crippen LogP contribution in [0.1, 0.15) is 11.3 Å². The first-order valence-corrected chi connectivity index (χ1v) is 5.94. The van der Waals surface area contributed by atoms with Gasteiger partial charge >= 0.3 is 0 Å². The number of hydrogen-bond donors (Lipinski definition) is 2. The van der Waals surface area contributed by atoms with Gasteiger partial charge in [-0.1, -0.05) is 0 Å². The fourth-order valence-electron chi connectivity index (χ4n) is 1.34. The van der Waals surface area contributed by atoms with Gasteiger partial charge in [0.25, 0.3) is 0 Å². The van der Waals surface area contributed by atoms with Crippen molar-refractivity contribution < 1.29 is 4.79 Å². The standard InChI is InChI=1S/C11H12N4OS/c1-7-2-3-13-10(4-7)15-11-14-8(6-17-11)5-9(12)16/h2-4,6H,5H2,1H3,(H2,12,16)(H,13,14,15). The van der Waals surface area contributed by atoms with Gasteiger partial charge in [0.15, 0.2) is 5.13 Å². The van der Waals surface area contributed by atoms with E-state index < -0.39 is 0 Å². The van der Waals surface area contributed by atoms with Crippen LogP contribution < -0.4 is 11.1 Å². The maximum atomic E-state index is 10.7. The van der Waals surface area contributed by atoms with Gasteiger partial charge in [-0.05, 0) is 24.6 Å². The fraction of sp³-hybridized carbons (Fsp3) is 0.182. The highest BCUT2D eigenvalue weighted by atomic mass is 32.1. The smallest absolute Gasteiger partial charge is 0.223 e. The number of primary amides is 1. The van der Waals surface area contributed by atoms with Crippen molar-refractivity contribution in [3.05, 3.63) is 35.0 Å². The van der Waals surface area contributed by atoms with E-state index in [4.69, 9.17) is 5.73 Å². The second-order valence-corrected chi connectivity index (χ2v) is 4.49. The van der Waals surface area contributed by atoms with E-state index in [1.165, 1.54) is 11.3 Å². The average Bonchev–Trinajstić information content (AvgIpc) is 2.64. The maximum absolute atomic E-state index is 10.7. The van der Waals surface area contributed by atoms with Crippen molar-refractivity contribution in [2.45, 2.75) is 13.3 Å². The maximum Gasteiger partial charge on any atom is 0.223 e. The van der Waals surface area contributed by atoms with Crippen LogP contribution in [-0.2, 0) is 11.2 Å². The summed E-state index contributed by atoms with van der Waals surface area (Å²) in [5.74, 6) is 0.362. The zero-order valence-electron chi connectivity index (χ0n) is 9.30. The zero-order chi connectivity index (χ0) is 12.3. The van der Waals surface area contributed by atoms with Crippen LogP contribution >= 0.6 is 11.3 Å². The Morgan fingerprint density at radius 1 is 1.59 bits per heavy atom. The highest BCUT2D eigenvalue weighted by molar-refractivity contribution is 7.13. The number of pyridine rings is 1. The van der Waals surface area contributed by atoms with Crippen LogP contribution in [-0.4, -0.2) is 15.9 Å². The number of aromatic nitrogens is 2. The van der Waals surface area contributed by atoms with Gasteiger partial charge in [-0.25, -0.2) is 9.97 Å². The van der Waals surface area contributed by atoms with Gasteiger partial charge in [0.05, 0.1) is 12.1 Å². The minimum Gasteiger partial charge on any atom is -0.369 e. The molecule has 2 heterocycles. The van der Waals surface area contributed by atoms with Crippen molar-refractivity contribution in [3.63, 3.8) is 0 Å². The number of thiazole rings is 1. The van der Waals surface area contributed by atoms with Crippen LogP contribution in [0.25, 0.3) is 0 Å². The van der Waals surface area contributed by atoms with E-state index in [1.807, 2.05) is 24.4 Å². The molecule has 0 unspecified atom stereocenters. The Morgan fingerprint density at radius 3 is 3.12 bits per heavy atom. The topological polar surface area (TPSA) is 80.9 Å². The van der Waals surface area contributed by atoms with Crippen LogP contribution in [0.5, 0.6) is 0 Å². The molecule has 0 spiro atoms. The van der Waals surface area contributed by atoms with Crippen molar-refractivity contribution in [3.8, 4) is 0 Å². The summed E-state index contributed by atoms with van der Waals surface area (Å²) in [6.45, 7) is 1.99. The molecule has 0 aliphatic heterocycles. The molecule has 17 heavy (non-hydrogen) atoms. The molecule has 88 valence electrons. The van der Waals surface area contributed by atoms with Gasteiger partial charge in [-0.15, -0.1) is 11.3 Å². The highest BCUT2D eigenvalue weighted by Gasteiger charge is 2.05. The van der Waals surface area contributed by atoms with Crippen LogP contribution in [0.3, 0.4) is 0 Å². The number of nitrogens with zero attached hydrogens (tertiary/aromatic N) is 2. The van der Waals surface area contributed by atoms with E-state index >= 15 is 0 Å². The third-order valence-electron chi connectivity index (χ3n) is 2.06. The summed E-state index contributed by atoms with van der Waals surface area (Å²) < 4.78 is 0. The molecule has 0 aromatic carbocycles. The number of nitrogens with two attached hydrogens (primary N) is 1. The normalized spacial score (nSPS) is 10.2. The Kier molecular flexibility index (Phi) is 3.34. The lowest BCUT2D eigenvalue weighted by Gasteiger charge is -2.01. The first-order chi connectivity index (χ1) is 8.13. The minimum atomic E-state index is -0.379. The lowest BCUT2D eigenvalue weighted by Crippen LogP contribution is -2.13. The van der Waals surface area contributed by atoms with Gasteiger partial charge in [0, 0.05) is 11.6 Å². The number of aryl methyl sites for hydroxylation is 1. The number of rotatable bonds is 4. The number of nitrogens with one attached hydrogen (secondary N) is 1. The SMILES string of the molecule is Cc1ccnc(Nc2nc(CC(N)=O)cs2)c1. The molecule has 0 aliphatic rings. The average molecular weight is 248 g/mol. The van der Waals surface area contributed by atoms with Crippen molar-refractivity contribution in [2.24, 2.45) is 5.73 Å². The molecule has 0 radical (unpaired) electrons. The molecule has 1 amide bonds. The summed E-state index contributed by atoms with van der Waals surface area (Å²) in [6.07, 6.45) is 1.90. The van der Waals surface area contributed by atoms with Gasteiger partial charge in [0.2, 0.25) is 5.91 Å². The van der Waals surface area contributed by atoms with Crippen molar-refractivity contribution >= 4 is 28.2 Å². The predicted molar refractivity (Wildman–Crippen MR) is 67.3 cm³/mol. The van der Waals surface area contributed by atoms with Crippen molar-refractivity contribution in [1.82, 2.24) is 9.97 Å². The summed E-state index contributed by atoms with van der Waals surface area (Å²) >= 11 is 1.42. The molecule has 2 rings (SSSR count). The van der Waals surface area contributed by atoms with E-state index in [0.29, 0.717) is 10.8 Å². The molecule has 0 atom stereocenters. The second-order valence-electron chi connectivity index (χ2n) is 3.63. The van der Waals surface area contributed by atoms with E-state index in [2.05, 4.69) is 15.3 Å². The molecule has 3 N–H and O–H groups in total. The van der Waals surface area contributed by atoms with E-state index in [9.17, 15) is 4.79 Å². The summed E-state index contributed by atoms with van der Waals surface area (Å²) in [5.41, 5.74) is 6.90. The molecule has 6 heteroatoms. The Morgan fingerprint density at radius 2 is 2.41 bits per heavy atom. The number of anilines is 2. The lowest BCUT2D eigenvalue weighted by molar-refractivity contribution is -0.117. The van der Waals surface area contributed by atoms with Gasteiger partial charge in [-0.2, -0.15) is 0 Å². The molecule has 0 saturated heterocycles. The minimum absolute atomic E-state index is 0.166. The van der Waals surface area contributed by atoms with Crippen LogP contribution in [0.2, 0.25) is 0 Å². The van der Waals surface area contributed by atoms with Gasteiger partial charge < -0.3 is 11.1 Å². The zero-order valence-corrected chi connectivity index (χ0v) is 10.1. The highest BCUT2D eigenvalue weighted by Crippen LogP contribution is 2.20. The van der Waals surface area contributed by atoms with E-state index in [1.54, 1.807) is 6.20 Å². The van der Waals surface area contributed by atoms with Gasteiger partial charge in [0.1, 0.15) is 5.82 Å². The molecule has 5 nitrogen and oxygen atoms in total.